The minimum atomic E-state index is -4.51. The second-order valence-electron chi connectivity index (χ2n) is 3.42. The first-order valence-corrected chi connectivity index (χ1v) is 5.00. The SMILES string of the molecule is CCCOc1ccc(C(F)(F)F)cc1C(N)=O. The zero-order valence-corrected chi connectivity index (χ0v) is 9.17. The van der Waals surface area contributed by atoms with Gasteiger partial charge in [-0.3, -0.25) is 4.79 Å². The lowest BCUT2D eigenvalue weighted by Gasteiger charge is -2.12. The quantitative estimate of drug-likeness (QED) is 0.889. The Labute approximate surface area is 96.4 Å². The highest BCUT2D eigenvalue weighted by molar-refractivity contribution is 5.95. The van der Waals surface area contributed by atoms with E-state index >= 15 is 0 Å². The van der Waals surface area contributed by atoms with Gasteiger partial charge in [0.15, 0.2) is 0 Å². The fourth-order valence-electron chi connectivity index (χ4n) is 1.24. The number of alkyl halides is 3. The molecule has 0 aliphatic carbocycles. The molecule has 2 N–H and O–H groups in total. The van der Waals surface area contributed by atoms with Crippen molar-refractivity contribution in [2.45, 2.75) is 19.5 Å². The lowest BCUT2D eigenvalue weighted by Crippen LogP contribution is -2.15. The largest absolute Gasteiger partial charge is 0.493 e. The van der Waals surface area contributed by atoms with Gasteiger partial charge in [0, 0.05) is 0 Å². The zero-order valence-electron chi connectivity index (χ0n) is 9.17. The second kappa shape index (κ2) is 5.07. The van der Waals surface area contributed by atoms with Gasteiger partial charge in [-0.15, -0.1) is 0 Å². The van der Waals surface area contributed by atoms with Crippen LogP contribution in [0.3, 0.4) is 0 Å². The van der Waals surface area contributed by atoms with E-state index in [1.54, 1.807) is 0 Å². The third-order valence-corrected chi connectivity index (χ3v) is 2.03. The van der Waals surface area contributed by atoms with Gasteiger partial charge >= 0.3 is 6.18 Å². The molecule has 94 valence electrons. The van der Waals surface area contributed by atoms with E-state index in [9.17, 15) is 18.0 Å². The van der Waals surface area contributed by atoms with E-state index in [4.69, 9.17) is 10.5 Å². The van der Waals surface area contributed by atoms with Gasteiger partial charge in [-0.2, -0.15) is 13.2 Å². The molecule has 0 bridgehead atoms. The van der Waals surface area contributed by atoms with Crippen molar-refractivity contribution in [3.8, 4) is 5.75 Å². The van der Waals surface area contributed by atoms with Crippen molar-refractivity contribution in [3.63, 3.8) is 0 Å². The van der Waals surface area contributed by atoms with Crippen molar-refractivity contribution in [1.29, 1.82) is 0 Å². The maximum Gasteiger partial charge on any atom is 0.416 e. The Morgan fingerprint density at radius 1 is 1.41 bits per heavy atom. The number of primary amides is 1. The van der Waals surface area contributed by atoms with Crippen LogP contribution in [0.2, 0.25) is 0 Å². The Hall–Kier alpha value is -1.72. The summed E-state index contributed by atoms with van der Waals surface area (Å²) in [7, 11) is 0. The van der Waals surface area contributed by atoms with Gasteiger partial charge in [0.2, 0.25) is 0 Å². The van der Waals surface area contributed by atoms with Crippen LogP contribution in [0.5, 0.6) is 5.75 Å². The van der Waals surface area contributed by atoms with Gasteiger partial charge in [-0.25, -0.2) is 0 Å². The molecule has 1 aromatic carbocycles. The topological polar surface area (TPSA) is 52.3 Å². The number of amides is 1. The molecule has 0 aliphatic rings. The molecule has 0 spiro atoms. The Morgan fingerprint density at radius 3 is 2.53 bits per heavy atom. The minimum Gasteiger partial charge on any atom is -0.493 e. The molecule has 0 aromatic heterocycles. The van der Waals surface area contributed by atoms with Crippen molar-refractivity contribution in [3.05, 3.63) is 29.3 Å². The maximum atomic E-state index is 12.4. The third-order valence-electron chi connectivity index (χ3n) is 2.03. The maximum absolute atomic E-state index is 12.4. The van der Waals surface area contributed by atoms with Crippen LogP contribution in [0.1, 0.15) is 29.3 Å². The highest BCUT2D eigenvalue weighted by Crippen LogP contribution is 2.32. The minimum absolute atomic E-state index is 0.0763. The normalized spacial score (nSPS) is 11.3. The Bertz CT molecular complexity index is 416. The number of hydrogen-bond donors (Lipinski definition) is 1. The number of benzene rings is 1. The summed E-state index contributed by atoms with van der Waals surface area (Å²) in [6.45, 7) is 2.15. The molecule has 0 saturated heterocycles. The van der Waals surface area contributed by atoms with Crippen molar-refractivity contribution in [2.24, 2.45) is 5.73 Å². The van der Waals surface area contributed by atoms with Crippen molar-refractivity contribution in [2.75, 3.05) is 6.61 Å². The van der Waals surface area contributed by atoms with Gasteiger partial charge in [-0.05, 0) is 24.6 Å². The number of nitrogens with two attached hydrogens (primary N) is 1. The fraction of sp³-hybridized carbons (Fsp3) is 0.364. The number of carbonyl (C=O) groups is 1. The average molecular weight is 247 g/mol. The lowest BCUT2D eigenvalue weighted by molar-refractivity contribution is -0.137. The summed E-state index contributed by atoms with van der Waals surface area (Å²) in [5.41, 5.74) is 3.83. The predicted molar refractivity (Wildman–Crippen MR) is 55.7 cm³/mol. The second-order valence-corrected chi connectivity index (χ2v) is 3.42. The summed E-state index contributed by atoms with van der Waals surface area (Å²) in [4.78, 5) is 11.0. The molecule has 0 aliphatic heterocycles. The van der Waals surface area contributed by atoms with Crippen molar-refractivity contribution in [1.82, 2.24) is 0 Å². The smallest absolute Gasteiger partial charge is 0.416 e. The van der Waals surface area contributed by atoms with Crippen LogP contribution < -0.4 is 10.5 Å². The van der Waals surface area contributed by atoms with Gasteiger partial charge in [-0.1, -0.05) is 6.92 Å². The van der Waals surface area contributed by atoms with Crippen LogP contribution in [0.25, 0.3) is 0 Å². The van der Waals surface area contributed by atoms with E-state index in [0.717, 1.165) is 12.1 Å². The van der Waals surface area contributed by atoms with Crippen LogP contribution in [-0.2, 0) is 6.18 Å². The first-order chi connectivity index (χ1) is 7.86. The van der Waals surface area contributed by atoms with Gasteiger partial charge < -0.3 is 10.5 Å². The molecule has 0 unspecified atom stereocenters. The number of hydrogen-bond acceptors (Lipinski definition) is 2. The fourth-order valence-corrected chi connectivity index (χ4v) is 1.24. The molecule has 3 nitrogen and oxygen atoms in total. The van der Waals surface area contributed by atoms with E-state index in [2.05, 4.69) is 0 Å². The van der Waals surface area contributed by atoms with Crippen LogP contribution in [-0.4, -0.2) is 12.5 Å². The molecule has 0 fully saturated rings. The molecule has 6 heteroatoms. The Morgan fingerprint density at radius 2 is 2.06 bits per heavy atom. The predicted octanol–water partition coefficient (Wildman–Crippen LogP) is 2.59. The Kier molecular flexibility index (Phi) is 3.98. The molecule has 0 radical (unpaired) electrons. The molecule has 1 rings (SSSR count). The summed E-state index contributed by atoms with van der Waals surface area (Å²) in [6, 6.07) is 2.67. The molecule has 1 aromatic rings. The van der Waals surface area contributed by atoms with E-state index in [0.29, 0.717) is 19.1 Å². The number of carbonyl (C=O) groups excluding carboxylic acids is 1. The summed E-state index contributed by atoms with van der Waals surface area (Å²) in [5.74, 6) is -0.866. The number of rotatable bonds is 4. The number of halogens is 3. The Balaban J connectivity index is 3.13. The monoisotopic (exact) mass is 247 g/mol. The molecule has 0 atom stereocenters. The van der Waals surface area contributed by atoms with Gasteiger partial charge in [0.25, 0.3) is 5.91 Å². The average Bonchev–Trinajstić information content (AvgIpc) is 2.24. The van der Waals surface area contributed by atoms with Gasteiger partial charge in [0.1, 0.15) is 5.75 Å². The summed E-state index contributed by atoms with van der Waals surface area (Å²) in [5, 5.41) is 0. The summed E-state index contributed by atoms with van der Waals surface area (Å²) in [6.07, 6.45) is -3.83. The lowest BCUT2D eigenvalue weighted by atomic mass is 10.1. The van der Waals surface area contributed by atoms with E-state index in [-0.39, 0.29) is 11.3 Å². The molecule has 0 heterocycles. The van der Waals surface area contributed by atoms with Crippen molar-refractivity contribution >= 4 is 5.91 Å². The van der Waals surface area contributed by atoms with Gasteiger partial charge in [0.05, 0.1) is 17.7 Å². The standard InChI is InChI=1S/C11H12F3NO2/c1-2-5-17-9-4-3-7(11(12,13)14)6-8(9)10(15)16/h3-4,6H,2,5H2,1H3,(H2,15,16). The first-order valence-electron chi connectivity index (χ1n) is 5.00. The molecule has 0 saturated carbocycles. The van der Waals surface area contributed by atoms with Crippen molar-refractivity contribution < 1.29 is 22.7 Å². The van der Waals surface area contributed by atoms with Crippen LogP contribution in [0.15, 0.2) is 18.2 Å². The molecule has 1 amide bonds. The van der Waals surface area contributed by atoms with Crippen LogP contribution in [0, 0.1) is 0 Å². The first kappa shape index (κ1) is 13.3. The molecular weight excluding hydrogens is 235 g/mol. The summed E-state index contributed by atoms with van der Waals surface area (Å²) >= 11 is 0. The van der Waals surface area contributed by atoms with E-state index in [1.807, 2.05) is 6.92 Å². The van der Waals surface area contributed by atoms with E-state index < -0.39 is 17.6 Å². The van der Waals surface area contributed by atoms with Crippen LogP contribution in [0.4, 0.5) is 13.2 Å². The van der Waals surface area contributed by atoms with Crippen LogP contribution >= 0.6 is 0 Å². The number of ether oxygens (including phenoxy) is 1. The highest BCUT2D eigenvalue weighted by atomic mass is 19.4. The summed E-state index contributed by atoms with van der Waals surface area (Å²) < 4.78 is 42.4. The highest BCUT2D eigenvalue weighted by Gasteiger charge is 2.31. The van der Waals surface area contributed by atoms with E-state index in [1.165, 1.54) is 0 Å². The molecular formula is C11H12F3NO2. The zero-order chi connectivity index (χ0) is 13.1. The molecule has 17 heavy (non-hydrogen) atoms. The third kappa shape index (κ3) is 3.37.